The van der Waals surface area contributed by atoms with Gasteiger partial charge in [0.2, 0.25) is 0 Å². The third kappa shape index (κ3) is 4.58. The van der Waals surface area contributed by atoms with Crippen LogP contribution >= 0.6 is 0 Å². The number of aliphatic hydroxyl groups is 1. The zero-order valence-corrected chi connectivity index (χ0v) is 16.4. The summed E-state index contributed by atoms with van der Waals surface area (Å²) >= 11 is 0. The maximum atomic E-state index is 10.6. The van der Waals surface area contributed by atoms with E-state index in [0.29, 0.717) is 13.2 Å². The lowest BCUT2D eigenvalue weighted by Gasteiger charge is -2.16. The first-order valence-corrected chi connectivity index (χ1v) is 9.69. The molecule has 1 heterocycles. The molecule has 1 unspecified atom stereocenters. The molecule has 29 heavy (non-hydrogen) atoms. The van der Waals surface area contributed by atoms with Gasteiger partial charge in [-0.25, -0.2) is 4.98 Å². The monoisotopic (exact) mass is 388 g/mol. The van der Waals surface area contributed by atoms with Crippen molar-refractivity contribution in [1.29, 1.82) is 0 Å². The second kappa shape index (κ2) is 8.80. The predicted octanol–water partition coefficient (Wildman–Crippen LogP) is 4.36. The molecule has 5 nitrogen and oxygen atoms in total. The molecule has 0 aliphatic heterocycles. The number of fused-ring (bicyclic) bond motifs is 1. The Morgan fingerprint density at radius 1 is 0.897 bits per heavy atom. The molecule has 0 saturated heterocycles. The molecule has 0 aliphatic carbocycles. The van der Waals surface area contributed by atoms with E-state index in [-0.39, 0.29) is 6.61 Å². The average Bonchev–Trinajstić information content (AvgIpc) is 3.10. The molecule has 148 valence electrons. The minimum absolute atomic E-state index is 0.205. The Balaban J connectivity index is 1.49. The Morgan fingerprint density at radius 3 is 2.45 bits per heavy atom. The fourth-order valence-electron chi connectivity index (χ4n) is 3.27. The number of benzene rings is 3. The van der Waals surface area contributed by atoms with Gasteiger partial charge < -0.3 is 19.1 Å². The third-order valence-corrected chi connectivity index (χ3v) is 4.76. The number of rotatable bonds is 8. The summed E-state index contributed by atoms with van der Waals surface area (Å²) in [4.78, 5) is 4.70. The van der Waals surface area contributed by atoms with Crippen LogP contribution < -0.4 is 9.47 Å². The SMILES string of the molecule is Cc1ccccc1OCC(O)Cn1c(COc2ccccc2)nc2ccccc21. The number of aryl methyl sites for hydroxylation is 1. The molecule has 0 saturated carbocycles. The number of imidazole rings is 1. The van der Waals surface area contributed by atoms with Crippen molar-refractivity contribution >= 4 is 11.0 Å². The molecular formula is C24H24N2O3. The van der Waals surface area contributed by atoms with Crippen molar-refractivity contribution in [2.75, 3.05) is 6.61 Å². The predicted molar refractivity (Wildman–Crippen MR) is 113 cm³/mol. The normalized spacial score (nSPS) is 12.1. The first-order valence-electron chi connectivity index (χ1n) is 9.69. The molecule has 1 atom stereocenters. The van der Waals surface area contributed by atoms with Crippen molar-refractivity contribution in [2.24, 2.45) is 0 Å². The summed E-state index contributed by atoms with van der Waals surface area (Å²) in [7, 11) is 0. The molecule has 1 N–H and O–H groups in total. The molecule has 5 heteroatoms. The number of aromatic nitrogens is 2. The second-order valence-electron chi connectivity index (χ2n) is 6.96. The van der Waals surface area contributed by atoms with Crippen LogP contribution in [0.15, 0.2) is 78.9 Å². The van der Waals surface area contributed by atoms with Crippen LogP contribution in [-0.2, 0) is 13.2 Å². The van der Waals surface area contributed by atoms with E-state index in [4.69, 9.17) is 14.5 Å². The maximum Gasteiger partial charge on any atom is 0.148 e. The van der Waals surface area contributed by atoms with E-state index < -0.39 is 6.10 Å². The van der Waals surface area contributed by atoms with Gasteiger partial charge in [-0.2, -0.15) is 0 Å². The molecular weight excluding hydrogens is 364 g/mol. The Hall–Kier alpha value is -3.31. The van der Waals surface area contributed by atoms with E-state index in [2.05, 4.69) is 0 Å². The van der Waals surface area contributed by atoms with Gasteiger partial charge in [-0.05, 0) is 42.8 Å². The fraction of sp³-hybridized carbons (Fsp3) is 0.208. The van der Waals surface area contributed by atoms with Gasteiger partial charge in [0.05, 0.1) is 17.6 Å². The number of hydrogen-bond acceptors (Lipinski definition) is 4. The van der Waals surface area contributed by atoms with Crippen molar-refractivity contribution in [2.45, 2.75) is 26.2 Å². The van der Waals surface area contributed by atoms with Crippen LogP contribution in [-0.4, -0.2) is 27.4 Å². The van der Waals surface area contributed by atoms with Crippen LogP contribution in [0.25, 0.3) is 11.0 Å². The highest BCUT2D eigenvalue weighted by Crippen LogP contribution is 2.20. The third-order valence-electron chi connectivity index (χ3n) is 4.76. The highest BCUT2D eigenvalue weighted by atomic mass is 16.5. The second-order valence-corrected chi connectivity index (χ2v) is 6.96. The van der Waals surface area contributed by atoms with Crippen LogP contribution in [0, 0.1) is 6.92 Å². The number of aliphatic hydroxyl groups excluding tert-OH is 1. The molecule has 0 aliphatic rings. The van der Waals surface area contributed by atoms with Crippen LogP contribution in [0.2, 0.25) is 0 Å². The summed E-state index contributed by atoms with van der Waals surface area (Å²) in [6.07, 6.45) is -0.678. The lowest BCUT2D eigenvalue weighted by molar-refractivity contribution is 0.0914. The topological polar surface area (TPSA) is 56.5 Å². The highest BCUT2D eigenvalue weighted by molar-refractivity contribution is 5.75. The summed E-state index contributed by atoms with van der Waals surface area (Å²) < 4.78 is 13.7. The summed E-state index contributed by atoms with van der Waals surface area (Å²) in [6, 6.07) is 25.3. The Labute approximate surface area is 170 Å². The van der Waals surface area contributed by atoms with E-state index >= 15 is 0 Å². The van der Waals surface area contributed by atoms with Crippen LogP contribution in [0.4, 0.5) is 0 Å². The van der Waals surface area contributed by atoms with Crippen LogP contribution in [0.1, 0.15) is 11.4 Å². The Bertz CT molecular complexity index is 1080. The molecule has 0 bridgehead atoms. The summed E-state index contributed by atoms with van der Waals surface area (Å²) in [5.41, 5.74) is 2.89. The largest absolute Gasteiger partial charge is 0.491 e. The van der Waals surface area contributed by atoms with Gasteiger partial charge in [0.25, 0.3) is 0 Å². The van der Waals surface area contributed by atoms with Gasteiger partial charge in [0.1, 0.15) is 36.6 Å². The van der Waals surface area contributed by atoms with Crippen LogP contribution in [0.3, 0.4) is 0 Å². The first kappa shape index (κ1) is 19.0. The van der Waals surface area contributed by atoms with Crippen LogP contribution in [0.5, 0.6) is 11.5 Å². The van der Waals surface area contributed by atoms with E-state index in [0.717, 1.165) is 33.9 Å². The van der Waals surface area contributed by atoms with Crippen molar-refractivity contribution < 1.29 is 14.6 Å². The van der Waals surface area contributed by atoms with Gasteiger partial charge in [0, 0.05) is 0 Å². The van der Waals surface area contributed by atoms with Gasteiger partial charge in [-0.3, -0.25) is 0 Å². The molecule has 1 aromatic heterocycles. The van der Waals surface area contributed by atoms with Gasteiger partial charge in [-0.1, -0.05) is 48.5 Å². The lowest BCUT2D eigenvalue weighted by Crippen LogP contribution is -2.25. The Kier molecular flexibility index (Phi) is 5.77. The van der Waals surface area contributed by atoms with Gasteiger partial charge in [0.15, 0.2) is 0 Å². The quantitative estimate of drug-likeness (QED) is 0.487. The fourth-order valence-corrected chi connectivity index (χ4v) is 3.27. The van der Waals surface area contributed by atoms with E-state index in [1.807, 2.05) is 90.4 Å². The molecule has 0 amide bonds. The van der Waals surface area contributed by atoms with Crippen molar-refractivity contribution in [3.8, 4) is 11.5 Å². The minimum Gasteiger partial charge on any atom is -0.491 e. The van der Waals surface area contributed by atoms with E-state index in [9.17, 15) is 5.11 Å². The number of para-hydroxylation sites is 4. The highest BCUT2D eigenvalue weighted by Gasteiger charge is 2.15. The zero-order valence-electron chi connectivity index (χ0n) is 16.4. The molecule has 0 spiro atoms. The first-order chi connectivity index (χ1) is 14.2. The van der Waals surface area contributed by atoms with Crippen molar-refractivity contribution in [3.63, 3.8) is 0 Å². The zero-order chi connectivity index (χ0) is 20.1. The van der Waals surface area contributed by atoms with Gasteiger partial charge in [-0.15, -0.1) is 0 Å². The lowest BCUT2D eigenvalue weighted by atomic mass is 10.2. The smallest absolute Gasteiger partial charge is 0.148 e. The minimum atomic E-state index is -0.678. The Morgan fingerprint density at radius 2 is 1.62 bits per heavy atom. The van der Waals surface area contributed by atoms with Gasteiger partial charge >= 0.3 is 0 Å². The number of ether oxygens (including phenoxy) is 2. The summed E-state index contributed by atoms with van der Waals surface area (Å²) in [5, 5.41) is 10.6. The molecule has 4 aromatic rings. The van der Waals surface area contributed by atoms with E-state index in [1.165, 1.54) is 0 Å². The summed E-state index contributed by atoms with van der Waals surface area (Å²) in [5.74, 6) is 2.34. The summed E-state index contributed by atoms with van der Waals surface area (Å²) in [6.45, 7) is 2.89. The average molecular weight is 388 g/mol. The molecule has 0 fully saturated rings. The number of nitrogens with zero attached hydrogens (tertiary/aromatic N) is 2. The van der Waals surface area contributed by atoms with Crippen molar-refractivity contribution in [3.05, 3.63) is 90.3 Å². The van der Waals surface area contributed by atoms with Crippen molar-refractivity contribution in [1.82, 2.24) is 9.55 Å². The molecule has 0 radical (unpaired) electrons. The standard InChI is InChI=1S/C24H24N2O3/c1-18-9-5-8-14-23(18)29-16-19(27)15-26-22-13-7-6-12-21(22)25-24(26)17-28-20-10-3-2-4-11-20/h2-14,19,27H,15-17H2,1H3. The molecule has 4 rings (SSSR count). The molecule has 3 aromatic carbocycles. The van der Waals surface area contributed by atoms with E-state index in [1.54, 1.807) is 0 Å². The maximum absolute atomic E-state index is 10.6. The number of hydrogen-bond donors (Lipinski definition) is 1.